The number of hydrogen-bond acceptors (Lipinski definition) is 4. The minimum Gasteiger partial charge on any atom is -0.489 e. The first-order valence-electron chi connectivity index (χ1n) is 5.90. The topological polar surface area (TPSA) is 28.6 Å². The van der Waals surface area contributed by atoms with Gasteiger partial charge in [0.15, 0.2) is 10.9 Å². The Kier molecular flexibility index (Phi) is 4.59. The van der Waals surface area contributed by atoms with Crippen molar-refractivity contribution in [2.24, 2.45) is 0 Å². The van der Waals surface area contributed by atoms with Crippen LogP contribution in [0.5, 0.6) is 5.75 Å². The highest BCUT2D eigenvalue weighted by molar-refractivity contribution is 6.30. The van der Waals surface area contributed by atoms with Crippen LogP contribution in [0.3, 0.4) is 0 Å². The summed E-state index contributed by atoms with van der Waals surface area (Å²) in [6.45, 7) is 6.09. The van der Waals surface area contributed by atoms with Gasteiger partial charge in [-0.1, -0.05) is 11.6 Å². The van der Waals surface area contributed by atoms with E-state index in [0.717, 1.165) is 32.7 Å². The number of likely N-dealkylation sites (N-methyl/N-ethyl adjacent to an activating group) is 1. The van der Waals surface area contributed by atoms with E-state index >= 15 is 0 Å². The van der Waals surface area contributed by atoms with Crippen molar-refractivity contribution in [3.8, 4) is 5.75 Å². The number of nitrogens with zero attached hydrogens (tertiary/aromatic N) is 3. The van der Waals surface area contributed by atoms with Crippen LogP contribution in [-0.2, 0) is 0 Å². The Hall–Kier alpha value is -0.840. The Labute approximate surface area is 107 Å². The molecule has 94 valence electrons. The fraction of sp³-hybridized carbons (Fsp3) is 0.583. The van der Waals surface area contributed by atoms with E-state index in [1.807, 2.05) is 12.1 Å². The van der Waals surface area contributed by atoms with Gasteiger partial charge in [-0.25, -0.2) is 4.98 Å². The molecular weight excluding hydrogens is 238 g/mol. The van der Waals surface area contributed by atoms with Gasteiger partial charge >= 0.3 is 0 Å². The highest BCUT2D eigenvalue weighted by atomic mass is 35.5. The standard InChI is InChI=1S/C12H18ClN3O/c1-15-5-7-16(8-6-15)9-10-17-11-3-2-4-14-12(11)13/h2-4H,5-10H2,1H3. The van der Waals surface area contributed by atoms with Crippen LogP contribution in [0.4, 0.5) is 0 Å². The number of pyridine rings is 1. The van der Waals surface area contributed by atoms with Crippen molar-refractivity contribution >= 4 is 11.6 Å². The smallest absolute Gasteiger partial charge is 0.171 e. The van der Waals surface area contributed by atoms with E-state index in [1.165, 1.54) is 0 Å². The number of hydrogen-bond donors (Lipinski definition) is 0. The maximum Gasteiger partial charge on any atom is 0.171 e. The molecular formula is C12H18ClN3O. The summed E-state index contributed by atoms with van der Waals surface area (Å²) in [6, 6.07) is 3.68. The lowest BCUT2D eigenvalue weighted by atomic mass is 10.3. The SMILES string of the molecule is CN1CCN(CCOc2cccnc2Cl)CC1. The van der Waals surface area contributed by atoms with Crippen LogP contribution in [0.15, 0.2) is 18.3 Å². The molecule has 0 saturated carbocycles. The lowest BCUT2D eigenvalue weighted by Gasteiger charge is -2.32. The summed E-state index contributed by atoms with van der Waals surface area (Å²) < 4.78 is 5.62. The minimum atomic E-state index is 0.436. The second kappa shape index (κ2) is 6.19. The summed E-state index contributed by atoms with van der Waals surface area (Å²) in [4.78, 5) is 8.72. The third-order valence-corrected chi connectivity index (χ3v) is 3.27. The van der Waals surface area contributed by atoms with Crippen molar-refractivity contribution in [2.45, 2.75) is 0 Å². The number of rotatable bonds is 4. The molecule has 17 heavy (non-hydrogen) atoms. The highest BCUT2D eigenvalue weighted by Crippen LogP contribution is 2.20. The van der Waals surface area contributed by atoms with Gasteiger partial charge in [0.2, 0.25) is 0 Å². The molecule has 0 aliphatic carbocycles. The van der Waals surface area contributed by atoms with E-state index in [1.54, 1.807) is 6.20 Å². The van der Waals surface area contributed by atoms with Gasteiger partial charge in [0.1, 0.15) is 6.61 Å². The van der Waals surface area contributed by atoms with Crippen LogP contribution >= 0.6 is 11.6 Å². The van der Waals surface area contributed by atoms with E-state index in [-0.39, 0.29) is 0 Å². The molecule has 0 N–H and O–H groups in total. The van der Waals surface area contributed by atoms with Crippen LogP contribution in [0.25, 0.3) is 0 Å². The van der Waals surface area contributed by atoms with Gasteiger partial charge in [0.25, 0.3) is 0 Å². The molecule has 5 heteroatoms. The first-order chi connectivity index (χ1) is 8.25. The van der Waals surface area contributed by atoms with E-state index in [9.17, 15) is 0 Å². The highest BCUT2D eigenvalue weighted by Gasteiger charge is 2.13. The molecule has 2 rings (SSSR count). The van der Waals surface area contributed by atoms with E-state index < -0.39 is 0 Å². The molecule has 0 aromatic carbocycles. The second-order valence-electron chi connectivity index (χ2n) is 4.29. The molecule has 0 atom stereocenters. The number of ether oxygens (including phenoxy) is 1. The molecule has 0 unspecified atom stereocenters. The predicted molar refractivity (Wildman–Crippen MR) is 68.7 cm³/mol. The maximum atomic E-state index is 5.91. The molecule has 1 fully saturated rings. The second-order valence-corrected chi connectivity index (χ2v) is 4.64. The van der Waals surface area contributed by atoms with Crippen LogP contribution in [0.2, 0.25) is 5.15 Å². The third kappa shape index (κ3) is 3.84. The monoisotopic (exact) mass is 255 g/mol. The summed E-state index contributed by atoms with van der Waals surface area (Å²) in [5.41, 5.74) is 0. The van der Waals surface area contributed by atoms with Crippen LogP contribution < -0.4 is 4.74 Å². The lowest BCUT2D eigenvalue weighted by Crippen LogP contribution is -2.45. The molecule has 1 aliphatic rings. The maximum absolute atomic E-state index is 5.91. The largest absolute Gasteiger partial charge is 0.489 e. The van der Waals surface area contributed by atoms with Gasteiger partial charge in [0.05, 0.1) is 0 Å². The zero-order valence-corrected chi connectivity index (χ0v) is 10.9. The normalized spacial score (nSPS) is 18.2. The van der Waals surface area contributed by atoms with E-state index in [2.05, 4.69) is 21.8 Å². The summed E-state index contributed by atoms with van der Waals surface area (Å²) in [6.07, 6.45) is 1.66. The Balaban J connectivity index is 1.71. The van der Waals surface area contributed by atoms with Gasteiger partial charge < -0.3 is 9.64 Å². The molecule has 4 nitrogen and oxygen atoms in total. The Morgan fingerprint density at radius 1 is 1.35 bits per heavy atom. The Bertz CT molecular complexity index is 353. The van der Waals surface area contributed by atoms with E-state index in [0.29, 0.717) is 17.5 Å². The van der Waals surface area contributed by atoms with Gasteiger partial charge in [0, 0.05) is 38.9 Å². The van der Waals surface area contributed by atoms with Crippen molar-refractivity contribution in [3.63, 3.8) is 0 Å². The first-order valence-corrected chi connectivity index (χ1v) is 6.28. The number of halogens is 1. The number of aromatic nitrogens is 1. The Morgan fingerprint density at radius 2 is 2.12 bits per heavy atom. The van der Waals surface area contributed by atoms with Crippen molar-refractivity contribution in [3.05, 3.63) is 23.5 Å². The molecule has 2 heterocycles. The van der Waals surface area contributed by atoms with Crippen molar-refractivity contribution in [1.82, 2.24) is 14.8 Å². The Morgan fingerprint density at radius 3 is 2.82 bits per heavy atom. The van der Waals surface area contributed by atoms with Crippen molar-refractivity contribution < 1.29 is 4.74 Å². The third-order valence-electron chi connectivity index (χ3n) is 2.99. The van der Waals surface area contributed by atoms with Crippen LogP contribution in [-0.4, -0.2) is 61.2 Å². The fourth-order valence-electron chi connectivity index (χ4n) is 1.84. The van der Waals surface area contributed by atoms with Gasteiger partial charge in [-0.15, -0.1) is 0 Å². The summed E-state index contributed by atoms with van der Waals surface area (Å²) >= 11 is 5.91. The molecule has 1 aromatic heterocycles. The van der Waals surface area contributed by atoms with Crippen LogP contribution in [0, 0.1) is 0 Å². The fourth-order valence-corrected chi connectivity index (χ4v) is 2.01. The molecule has 0 spiro atoms. The zero-order valence-electron chi connectivity index (χ0n) is 10.1. The lowest BCUT2D eigenvalue weighted by molar-refractivity contribution is 0.133. The van der Waals surface area contributed by atoms with E-state index in [4.69, 9.17) is 16.3 Å². The molecule has 1 aromatic rings. The van der Waals surface area contributed by atoms with Crippen LogP contribution in [0.1, 0.15) is 0 Å². The summed E-state index contributed by atoms with van der Waals surface area (Å²) in [7, 11) is 2.16. The molecule has 0 bridgehead atoms. The molecule has 0 radical (unpaired) electrons. The van der Waals surface area contributed by atoms with Crippen molar-refractivity contribution in [2.75, 3.05) is 46.4 Å². The minimum absolute atomic E-state index is 0.436. The number of piperazine rings is 1. The summed E-state index contributed by atoms with van der Waals surface area (Å²) in [5, 5.41) is 0.436. The first kappa shape index (κ1) is 12.6. The van der Waals surface area contributed by atoms with Gasteiger partial charge in [-0.2, -0.15) is 0 Å². The summed E-state index contributed by atoms with van der Waals surface area (Å²) in [5.74, 6) is 0.670. The average Bonchev–Trinajstić information content (AvgIpc) is 2.34. The molecule has 1 saturated heterocycles. The predicted octanol–water partition coefficient (Wildman–Crippen LogP) is 1.36. The molecule has 0 amide bonds. The quantitative estimate of drug-likeness (QED) is 0.760. The van der Waals surface area contributed by atoms with Gasteiger partial charge in [-0.05, 0) is 19.2 Å². The zero-order chi connectivity index (χ0) is 12.1. The molecule has 1 aliphatic heterocycles. The average molecular weight is 256 g/mol. The van der Waals surface area contributed by atoms with Crippen molar-refractivity contribution in [1.29, 1.82) is 0 Å². The van der Waals surface area contributed by atoms with Gasteiger partial charge in [-0.3, -0.25) is 4.90 Å².